The summed E-state index contributed by atoms with van der Waals surface area (Å²) in [6.45, 7) is 3.69. The quantitative estimate of drug-likeness (QED) is 0.652. The highest BCUT2D eigenvalue weighted by Crippen LogP contribution is 2.18. The van der Waals surface area contributed by atoms with E-state index in [1.165, 1.54) is 13.2 Å². The van der Waals surface area contributed by atoms with Gasteiger partial charge in [-0.25, -0.2) is 4.39 Å². The molecule has 0 heterocycles. The summed E-state index contributed by atoms with van der Waals surface area (Å²) in [5.41, 5.74) is 0.730. The van der Waals surface area contributed by atoms with Gasteiger partial charge >= 0.3 is 0 Å². The van der Waals surface area contributed by atoms with Crippen LogP contribution in [-0.4, -0.2) is 63.2 Å². The van der Waals surface area contributed by atoms with Gasteiger partial charge in [-0.3, -0.25) is 9.69 Å². The topological polar surface area (TPSA) is 42.0 Å². The van der Waals surface area contributed by atoms with E-state index in [4.69, 9.17) is 9.47 Å². The lowest BCUT2D eigenvalue weighted by Gasteiger charge is -2.28. The van der Waals surface area contributed by atoms with E-state index in [-0.39, 0.29) is 17.7 Å². The molecule has 0 spiro atoms. The maximum absolute atomic E-state index is 13.7. The highest BCUT2D eigenvalue weighted by Gasteiger charge is 2.21. The third kappa shape index (κ3) is 5.80. The van der Waals surface area contributed by atoms with Gasteiger partial charge in [0.1, 0.15) is 0 Å². The van der Waals surface area contributed by atoms with Crippen molar-refractivity contribution in [2.75, 3.05) is 41.5 Å². The molecule has 0 fully saturated rings. The van der Waals surface area contributed by atoms with Crippen molar-refractivity contribution in [3.05, 3.63) is 29.6 Å². The Labute approximate surface area is 138 Å². The molecule has 0 radical (unpaired) electrons. The number of carbonyl (C=O) groups is 1. The van der Waals surface area contributed by atoms with Crippen molar-refractivity contribution in [2.24, 2.45) is 0 Å². The first kappa shape index (κ1) is 19.4. The van der Waals surface area contributed by atoms with Gasteiger partial charge < -0.3 is 14.4 Å². The molecule has 1 atom stereocenters. The molecular formula is C17H27FN2O3. The van der Waals surface area contributed by atoms with Crippen molar-refractivity contribution in [3.63, 3.8) is 0 Å². The zero-order chi connectivity index (χ0) is 17.4. The van der Waals surface area contributed by atoms with E-state index < -0.39 is 5.82 Å². The van der Waals surface area contributed by atoms with Crippen LogP contribution in [0.4, 0.5) is 4.39 Å². The first-order valence-electron chi connectivity index (χ1n) is 7.67. The summed E-state index contributed by atoms with van der Waals surface area (Å²) in [4.78, 5) is 16.1. The lowest BCUT2D eigenvalue weighted by Crippen LogP contribution is -2.44. The number of likely N-dealkylation sites (N-methyl/N-ethyl adjacent to an activating group) is 2. The van der Waals surface area contributed by atoms with Crippen molar-refractivity contribution < 1.29 is 18.7 Å². The average molecular weight is 326 g/mol. The standard InChI is InChI=1S/C17H27FN2O3/c1-13(19(2)9-6-10-22-4)17(21)20(3)12-14-7-8-16(23-5)15(18)11-14/h7-8,11,13H,6,9-10,12H2,1-5H3. The number of hydrogen-bond donors (Lipinski definition) is 0. The fourth-order valence-corrected chi connectivity index (χ4v) is 2.32. The van der Waals surface area contributed by atoms with Gasteiger partial charge in [-0.2, -0.15) is 0 Å². The average Bonchev–Trinajstić information content (AvgIpc) is 2.53. The Hall–Kier alpha value is -1.66. The van der Waals surface area contributed by atoms with E-state index >= 15 is 0 Å². The molecule has 0 saturated carbocycles. The number of carbonyl (C=O) groups excluding carboxylic acids is 1. The van der Waals surface area contributed by atoms with Crippen LogP contribution in [0.1, 0.15) is 18.9 Å². The minimum absolute atomic E-state index is 0.00106. The second-order valence-corrected chi connectivity index (χ2v) is 5.67. The molecule has 1 amide bonds. The lowest BCUT2D eigenvalue weighted by atomic mass is 10.1. The second kappa shape index (κ2) is 9.47. The molecule has 0 aliphatic rings. The Morgan fingerprint density at radius 1 is 1.30 bits per heavy atom. The summed E-state index contributed by atoms with van der Waals surface area (Å²) in [6, 6.07) is 4.50. The van der Waals surface area contributed by atoms with Crippen LogP contribution in [0.15, 0.2) is 18.2 Å². The van der Waals surface area contributed by atoms with Gasteiger partial charge in [0, 0.05) is 33.9 Å². The van der Waals surface area contributed by atoms with E-state index in [0.29, 0.717) is 13.2 Å². The third-order valence-corrected chi connectivity index (χ3v) is 3.89. The predicted molar refractivity (Wildman–Crippen MR) is 88.0 cm³/mol. The van der Waals surface area contributed by atoms with Gasteiger partial charge in [0.15, 0.2) is 11.6 Å². The highest BCUT2D eigenvalue weighted by atomic mass is 19.1. The second-order valence-electron chi connectivity index (χ2n) is 5.67. The van der Waals surface area contributed by atoms with Crippen LogP contribution >= 0.6 is 0 Å². The summed E-state index contributed by atoms with van der Waals surface area (Å²) in [6.07, 6.45) is 0.873. The van der Waals surface area contributed by atoms with E-state index in [1.807, 2.05) is 18.9 Å². The van der Waals surface area contributed by atoms with Crippen LogP contribution < -0.4 is 4.74 Å². The lowest BCUT2D eigenvalue weighted by molar-refractivity contribution is -0.135. The van der Waals surface area contributed by atoms with Gasteiger partial charge in [-0.05, 0) is 38.1 Å². The highest BCUT2D eigenvalue weighted by molar-refractivity contribution is 5.81. The van der Waals surface area contributed by atoms with E-state index in [0.717, 1.165) is 18.5 Å². The number of hydrogen-bond acceptors (Lipinski definition) is 4. The molecule has 1 aromatic rings. The molecule has 1 aromatic carbocycles. The Morgan fingerprint density at radius 3 is 2.57 bits per heavy atom. The maximum Gasteiger partial charge on any atom is 0.239 e. The van der Waals surface area contributed by atoms with E-state index in [9.17, 15) is 9.18 Å². The maximum atomic E-state index is 13.7. The predicted octanol–water partition coefficient (Wildman–Crippen LogP) is 2.15. The number of methoxy groups -OCH3 is 2. The molecule has 0 aromatic heterocycles. The monoisotopic (exact) mass is 326 g/mol. The molecule has 0 saturated heterocycles. The Bertz CT molecular complexity index is 511. The molecule has 5 nitrogen and oxygen atoms in total. The Balaban J connectivity index is 2.60. The number of benzene rings is 1. The number of nitrogens with zero attached hydrogens (tertiary/aromatic N) is 2. The minimum Gasteiger partial charge on any atom is -0.494 e. The summed E-state index contributed by atoms with van der Waals surface area (Å²) < 4.78 is 23.6. The molecule has 1 unspecified atom stereocenters. The smallest absolute Gasteiger partial charge is 0.239 e. The van der Waals surface area contributed by atoms with Crippen LogP contribution in [0.3, 0.4) is 0 Å². The van der Waals surface area contributed by atoms with Crippen LogP contribution in [0.2, 0.25) is 0 Å². The van der Waals surface area contributed by atoms with E-state index in [1.54, 1.807) is 31.2 Å². The molecule has 1 rings (SSSR count). The van der Waals surface area contributed by atoms with Gasteiger partial charge in [0.2, 0.25) is 5.91 Å². The van der Waals surface area contributed by atoms with Crippen LogP contribution in [0.5, 0.6) is 5.75 Å². The molecule has 0 bridgehead atoms. The zero-order valence-electron chi connectivity index (χ0n) is 14.6. The fraction of sp³-hybridized carbons (Fsp3) is 0.588. The molecular weight excluding hydrogens is 299 g/mol. The number of rotatable bonds is 9. The number of amides is 1. The first-order valence-corrected chi connectivity index (χ1v) is 7.67. The molecule has 0 N–H and O–H groups in total. The zero-order valence-corrected chi connectivity index (χ0v) is 14.6. The molecule has 23 heavy (non-hydrogen) atoms. The number of ether oxygens (including phenoxy) is 2. The normalized spacial score (nSPS) is 12.3. The van der Waals surface area contributed by atoms with Crippen LogP contribution in [0.25, 0.3) is 0 Å². The summed E-state index contributed by atoms with van der Waals surface area (Å²) in [5.74, 6) is -0.217. The summed E-state index contributed by atoms with van der Waals surface area (Å²) >= 11 is 0. The van der Waals surface area contributed by atoms with Crippen molar-refractivity contribution in [2.45, 2.75) is 25.9 Å². The first-order chi connectivity index (χ1) is 10.9. The Morgan fingerprint density at radius 2 is 2.00 bits per heavy atom. The van der Waals surface area contributed by atoms with Gasteiger partial charge in [0.05, 0.1) is 13.2 Å². The summed E-state index contributed by atoms with van der Waals surface area (Å²) in [7, 11) is 6.73. The van der Waals surface area contributed by atoms with Crippen molar-refractivity contribution in [1.29, 1.82) is 0 Å². The van der Waals surface area contributed by atoms with Gasteiger partial charge in [0.25, 0.3) is 0 Å². The molecule has 0 aliphatic heterocycles. The van der Waals surface area contributed by atoms with Crippen molar-refractivity contribution >= 4 is 5.91 Å². The fourth-order valence-electron chi connectivity index (χ4n) is 2.32. The van der Waals surface area contributed by atoms with E-state index in [2.05, 4.69) is 0 Å². The third-order valence-electron chi connectivity index (χ3n) is 3.89. The van der Waals surface area contributed by atoms with Crippen molar-refractivity contribution in [3.8, 4) is 5.75 Å². The van der Waals surface area contributed by atoms with Crippen molar-refractivity contribution in [1.82, 2.24) is 9.80 Å². The SMILES string of the molecule is COCCCN(C)C(C)C(=O)N(C)Cc1ccc(OC)c(F)c1. The molecule has 0 aliphatic carbocycles. The summed E-state index contributed by atoms with van der Waals surface area (Å²) in [5, 5.41) is 0. The van der Waals surface area contributed by atoms with Gasteiger partial charge in [-0.15, -0.1) is 0 Å². The Kier molecular flexibility index (Phi) is 7.98. The minimum atomic E-state index is -0.421. The van der Waals surface area contributed by atoms with Crippen LogP contribution in [-0.2, 0) is 16.1 Å². The molecule has 130 valence electrons. The number of halogens is 1. The largest absolute Gasteiger partial charge is 0.494 e. The van der Waals surface area contributed by atoms with Crippen LogP contribution in [0, 0.1) is 5.82 Å². The molecule has 6 heteroatoms. The van der Waals surface area contributed by atoms with Gasteiger partial charge in [-0.1, -0.05) is 6.07 Å².